The second-order valence-corrected chi connectivity index (χ2v) is 5.42. The lowest BCUT2D eigenvalue weighted by molar-refractivity contribution is 0.0784. The van der Waals surface area contributed by atoms with Crippen molar-refractivity contribution in [1.82, 2.24) is 4.90 Å². The maximum atomic E-state index is 12.6. The van der Waals surface area contributed by atoms with E-state index >= 15 is 0 Å². The van der Waals surface area contributed by atoms with Crippen molar-refractivity contribution < 1.29 is 4.79 Å². The Kier molecular flexibility index (Phi) is 5.37. The normalized spacial score (nSPS) is 10.4. The van der Waals surface area contributed by atoms with E-state index in [2.05, 4.69) is 0 Å². The van der Waals surface area contributed by atoms with Crippen LogP contribution in [0.4, 0.5) is 0 Å². The molecule has 0 aliphatic rings. The third-order valence-corrected chi connectivity index (χ3v) is 3.59. The van der Waals surface area contributed by atoms with Crippen molar-refractivity contribution in [3.63, 3.8) is 0 Å². The second kappa shape index (κ2) is 7.25. The minimum Gasteiger partial charge on any atom is -0.337 e. The van der Waals surface area contributed by atoms with Crippen LogP contribution in [0, 0.1) is 0 Å². The number of carbonyl (C=O) groups excluding carboxylic acids is 1. The van der Waals surface area contributed by atoms with Gasteiger partial charge in [0.15, 0.2) is 0 Å². The SMILES string of the molecule is CN(Cc1ccc(Cl)cc1)C(=O)c1ccccc1CCN. The molecule has 2 aromatic rings. The summed E-state index contributed by atoms with van der Waals surface area (Å²) < 4.78 is 0. The van der Waals surface area contributed by atoms with Gasteiger partial charge in [0, 0.05) is 24.2 Å². The highest BCUT2D eigenvalue weighted by molar-refractivity contribution is 6.30. The van der Waals surface area contributed by atoms with Gasteiger partial charge in [-0.1, -0.05) is 41.9 Å². The maximum absolute atomic E-state index is 12.6. The number of carbonyl (C=O) groups is 1. The van der Waals surface area contributed by atoms with Gasteiger partial charge in [-0.05, 0) is 42.3 Å². The fourth-order valence-corrected chi connectivity index (χ4v) is 2.37. The molecule has 21 heavy (non-hydrogen) atoms. The highest BCUT2D eigenvalue weighted by atomic mass is 35.5. The molecule has 1 amide bonds. The van der Waals surface area contributed by atoms with E-state index in [0.29, 0.717) is 24.5 Å². The molecule has 0 saturated carbocycles. The number of nitrogens with zero attached hydrogens (tertiary/aromatic N) is 1. The minimum atomic E-state index is 0.00833. The topological polar surface area (TPSA) is 46.3 Å². The van der Waals surface area contributed by atoms with Gasteiger partial charge in [0.1, 0.15) is 0 Å². The molecule has 0 saturated heterocycles. The molecule has 0 aliphatic carbocycles. The van der Waals surface area contributed by atoms with Crippen molar-refractivity contribution in [2.75, 3.05) is 13.6 Å². The molecule has 0 radical (unpaired) electrons. The van der Waals surface area contributed by atoms with Crippen LogP contribution in [0.5, 0.6) is 0 Å². The Morgan fingerprint density at radius 1 is 1.14 bits per heavy atom. The molecule has 3 nitrogen and oxygen atoms in total. The number of benzene rings is 2. The summed E-state index contributed by atoms with van der Waals surface area (Å²) in [6, 6.07) is 15.1. The number of hydrogen-bond donors (Lipinski definition) is 1. The van der Waals surface area contributed by atoms with Gasteiger partial charge in [-0.2, -0.15) is 0 Å². The van der Waals surface area contributed by atoms with Crippen LogP contribution >= 0.6 is 11.6 Å². The molecule has 2 rings (SSSR count). The zero-order valence-corrected chi connectivity index (χ0v) is 12.8. The van der Waals surface area contributed by atoms with Crippen LogP contribution in [0.25, 0.3) is 0 Å². The summed E-state index contributed by atoms with van der Waals surface area (Å²) >= 11 is 5.87. The van der Waals surface area contributed by atoms with Crippen LogP contribution < -0.4 is 5.73 Å². The molecule has 110 valence electrons. The lowest BCUT2D eigenvalue weighted by Gasteiger charge is -2.19. The maximum Gasteiger partial charge on any atom is 0.254 e. The molecule has 0 fully saturated rings. The van der Waals surface area contributed by atoms with Gasteiger partial charge in [0.2, 0.25) is 0 Å². The smallest absolute Gasteiger partial charge is 0.254 e. The van der Waals surface area contributed by atoms with E-state index in [1.54, 1.807) is 11.9 Å². The van der Waals surface area contributed by atoms with Crippen LogP contribution in [0.1, 0.15) is 21.5 Å². The van der Waals surface area contributed by atoms with Gasteiger partial charge in [0.05, 0.1) is 0 Å². The third kappa shape index (κ3) is 4.06. The molecule has 0 aliphatic heterocycles. The van der Waals surface area contributed by atoms with Gasteiger partial charge in [-0.3, -0.25) is 4.79 Å². The van der Waals surface area contributed by atoms with Gasteiger partial charge < -0.3 is 10.6 Å². The van der Waals surface area contributed by atoms with Gasteiger partial charge >= 0.3 is 0 Å². The Hall–Kier alpha value is -1.84. The van der Waals surface area contributed by atoms with Crippen molar-refractivity contribution in [2.24, 2.45) is 5.73 Å². The Morgan fingerprint density at radius 2 is 1.81 bits per heavy atom. The van der Waals surface area contributed by atoms with Crippen molar-refractivity contribution in [1.29, 1.82) is 0 Å². The van der Waals surface area contributed by atoms with Crippen LogP contribution in [-0.2, 0) is 13.0 Å². The summed E-state index contributed by atoms with van der Waals surface area (Å²) in [7, 11) is 1.80. The summed E-state index contributed by atoms with van der Waals surface area (Å²) in [5.41, 5.74) is 8.37. The second-order valence-electron chi connectivity index (χ2n) is 4.98. The Labute approximate surface area is 130 Å². The summed E-state index contributed by atoms with van der Waals surface area (Å²) in [5.74, 6) is 0.00833. The Balaban J connectivity index is 2.13. The monoisotopic (exact) mass is 302 g/mol. The van der Waals surface area contributed by atoms with Crippen LogP contribution in [0.3, 0.4) is 0 Å². The lowest BCUT2D eigenvalue weighted by Crippen LogP contribution is -2.27. The molecule has 0 aromatic heterocycles. The van der Waals surface area contributed by atoms with E-state index in [-0.39, 0.29) is 5.91 Å². The number of hydrogen-bond acceptors (Lipinski definition) is 2. The van der Waals surface area contributed by atoms with E-state index in [9.17, 15) is 4.79 Å². The number of rotatable bonds is 5. The average molecular weight is 303 g/mol. The number of halogens is 1. The molecular weight excluding hydrogens is 284 g/mol. The Morgan fingerprint density at radius 3 is 2.48 bits per heavy atom. The summed E-state index contributed by atoms with van der Waals surface area (Å²) in [4.78, 5) is 14.3. The third-order valence-electron chi connectivity index (χ3n) is 3.34. The molecule has 2 N–H and O–H groups in total. The summed E-state index contributed by atoms with van der Waals surface area (Å²) in [5, 5.41) is 0.695. The molecule has 2 aromatic carbocycles. The highest BCUT2D eigenvalue weighted by Crippen LogP contribution is 2.15. The summed E-state index contributed by atoms with van der Waals surface area (Å²) in [6.45, 7) is 1.08. The van der Waals surface area contributed by atoms with E-state index in [4.69, 9.17) is 17.3 Å². The van der Waals surface area contributed by atoms with Crippen molar-refractivity contribution in [2.45, 2.75) is 13.0 Å². The first-order valence-corrected chi connectivity index (χ1v) is 7.27. The first kappa shape index (κ1) is 15.5. The average Bonchev–Trinajstić information content (AvgIpc) is 2.50. The minimum absolute atomic E-state index is 0.00833. The van der Waals surface area contributed by atoms with Gasteiger partial charge in [-0.15, -0.1) is 0 Å². The predicted octanol–water partition coefficient (Wildman–Crippen LogP) is 3.11. The zero-order valence-electron chi connectivity index (χ0n) is 12.1. The molecule has 4 heteroatoms. The first-order valence-electron chi connectivity index (χ1n) is 6.89. The largest absolute Gasteiger partial charge is 0.337 e. The quantitative estimate of drug-likeness (QED) is 0.922. The van der Waals surface area contributed by atoms with Crippen molar-refractivity contribution in [3.8, 4) is 0 Å². The first-order chi connectivity index (χ1) is 10.1. The van der Waals surface area contributed by atoms with Crippen LogP contribution in [0.15, 0.2) is 48.5 Å². The highest BCUT2D eigenvalue weighted by Gasteiger charge is 2.15. The molecule has 0 atom stereocenters. The van der Waals surface area contributed by atoms with E-state index < -0.39 is 0 Å². The van der Waals surface area contributed by atoms with Crippen LogP contribution in [-0.4, -0.2) is 24.4 Å². The number of amides is 1. The summed E-state index contributed by atoms with van der Waals surface area (Å²) in [6.07, 6.45) is 0.705. The fraction of sp³-hybridized carbons (Fsp3) is 0.235. The van der Waals surface area contributed by atoms with Crippen molar-refractivity contribution >= 4 is 17.5 Å². The van der Waals surface area contributed by atoms with Crippen LogP contribution in [0.2, 0.25) is 5.02 Å². The zero-order chi connectivity index (χ0) is 15.2. The molecule has 0 bridgehead atoms. The Bertz CT molecular complexity index is 610. The van der Waals surface area contributed by atoms with Gasteiger partial charge in [0.25, 0.3) is 5.91 Å². The number of nitrogens with two attached hydrogens (primary N) is 1. The van der Waals surface area contributed by atoms with E-state index in [1.165, 1.54) is 0 Å². The molecule has 0 spiro atoms. The van der Waals surface area contributed by atoms with Crippen molar-refractivity contribution in [3.05, 3.63) is 70.2 Å². The molecule has 0 heterocycles. The molecular formula is C17H19ClN2O. The fourth-order valence-electron chi connectivity index (χ4n) is 2.24. The van der Waals surface area contributed by atoms with E-state index in [0.717, 1.165) is 16.7 Å². The van der Waals surface area contributed by atoms with Gasteiger partial charge in [-0.25, -0.2) is 0 Å². The predicted molar refractivity (Wildman–Crippen MR) is 86.4 cm³/mol. The van der Waals surface area contributed by atoms with E-state index in [1.807, 2.05) is 48.5 Å². The molecule has 0 unspecified atom stereocenters. The lowest BCUT2D eigenvalue weighted by atomic mass is 10.0. The standard InChI is InChI=1S/C17H19ClN2O/c1-20(12-13-6-8-15(18)9-7-13)17(21)16-5-3-2-4-14(16)10-11-19/h2-9H,10-12,19H2,1H3.